The lowest BCUT2D eigenvalue weighted by atomic mass is 10.2. The van der Waals surface area contributed by atoms with E-state index in [0.717, 1.165) is 0 Å². The van der Waals surface area contributed by atoms with Crippen LogP contribution in [0.4, 0.5) is 4.39 Å². The Morgan fingerprint density at radius 1 is 1.40 bits per heavy atom. The van der Waals surface area contributed by atoms with Crippen LogP contribution in [-0.2, 0) is 10.1 Å². The van der Waals surface area contributed by atoms with Crippen molar-refractivity contribution in [2.45, 2.75) is 20.3 Å². The minimum absolute atomic E-state index is 0.0383. The highest BCUT2D eigenvalue weighted by Crippen LogP contribution is 2.17. The van der Waals surface area contributed by atoms with Crippen LogP contribution in [0, 0.1) is 12.7 Å². The average molecular weight is 232 g/mol. The summed E-state index contributed by atoms with van der Waals surface area (Å²) in [6, 6.07) is 3.85. The fraction of sp³-hybridized carbons (Fsp3) is 0.400. The van der Waals surface area contributed by atoms with Crippen molar-refractivity contribution in [3.8, 4) is 5.75 Å². The molecule has 15 heavy (non-hydrogen) atoms. The zero-order chi connectivity index (χ0) is 11.5. The summed E-state index contributed by atoms with van der Waals surface area (Å²) < 4.78 is 40.2. The Hall–Kier alpha value is -1.10. The first-order chi connectivity index (χ1) is 6.94. The van der Waals surface area contributed by atoms with Crippen LogP contribution in [0.3, 0.4) is 0 Å². The van der Waals surface area contributed by atoms with Gasteiger partial charge in [0.1, 0.15) is 11.6 Å². The molecule has 5 heteroatoms. The highest BCUT2D eigenvalue weighted by Gasteiger charge is 2.11. The summed E-state index contributed by atoms with van der Waals surface area (Å²) in [7, 11) is -3.54. The molecule has 84 valence electrons. The standard InChI is InChI=1S/C10H13FO3S/c1-3-6-15(12,13)14-9-4-5-10(11)8(2)7-9/h4-5,7H,3,6H2,1-2H3. The van der Waals surface area contributed by atoms with Gasteiger partial charge in [-0.2, -0.15) is 8.42 Å². The summed E-state index contributed by atoms with van der Waals surface area (Å²) in [5.74, 6) is -0.263. The van der Waals surface area contributed by atoms with Gasteiger partial charge in [-0.1, -0.05) is 6.92 Å². The molecule has 0 aliphatic rings. The minimum atomic E-state index is -3.54. The van der Waals surface area contributed by atoms with Crippen LogP contribution in [-0.4, -0.2) is 14.2 Å². The summed E-state index contributed by atoms with van der Waals surface area (Å²) in [6.45, 7) is 3.30. The van der Waals surface area contributed by atoms with Gasteiger partial charge in [-0.25, -0.2) is 4.39 Å². The Balaban J connectivity index is 2.86. The fourth-order valence-corrected chi connectivity index (χ4v) is 2.09. The minimum Gasteiger partial charge on any atom is -0.382 e. The van der Waals surface area contributed by atoms with E-state index in [0.29, 0.717) is 12.0 Å². The van der Waals surface area contributed by atoms with Crippen molar-refractivity contribution in [3.63, 3.8) is 0 Å². The number of rotatable bonds is 4. The van der Waals surface area contributed by atoms with Crippen molar-refractivity contribution in [2.75, 3.05) is 5.75 Å². The van der Waals surface area contributed by atoms with Crippen molar-refractivity contribution in [1.29, 1.82) is 0 Å². The van der Waals surface area contributed by atoms with Gasteiger partial charge in [0, 0.05) is 0 Å². The molecular formula is C10H13FO3S. The molecular weight excluding hydrogens is 219 g/mol. The van der Waals surface area contributed by atoms with Gasteiger partial charge >= 0.3 is 10.1 Å². The zero-order valence-electron chi connectivity index (χ0n) is 8.66. The first-order valence-electron chi connectivity index (χ1n) is 4.63. The smallest absolute Gasteiger partial charge is 0.309 e. The second kappa shape index (κ2) is 4.61. The third-order valence-electron chi connectivity index (χ3n) is 1.81. The molecule has 0 spiro atoms. The van der Waals surface area contributed by atoms with Gasteiger partial charge in [-0.15, -0.1) is 0 Å². The highest BCUT2D eigenvalue weighted by atomic mass is 32.2. The second-order valence-corrected chi connectivity index (χ2v) is 4.95. The van der Waals surface area contributed by atoms with Crippen LogP contribution in [0.1, 0.15) is 18.9 Å². The van der Waals surface area contributed by atoms with Gasteiger partial charge in [-0.05, 0) is 37.1 Å². The molecule has 0 unspecified atom stereocenters. The molecule has 0 radical (unpaired) electrons. The first-order valence-corrected chi connectivity index (χ1v) is 6.20. The molecule has 0 atom stereocenters. The largest absolute Gasteiger partial charge is 0.382 e. The van der Waals surface area contributed by atoms with Gasteiger partial charge in [0.25, 0.3) is 0 Å². The molecule has 0 aliphatic carbocycles. The molecule has 0 fully saturated rings. The Kier molecular flexibility index (Phi) is 3.68. The van der Waals surface area contributed by atoms with Crippen LogP contribution in [0.25, 0.3) is 0 Å². The lowest BCUT2D eigenvalue weighted by Crippen LogP contribution is -2.13. The quantitative estimate of drug-likeness (QED) is 0.748. The number of hydrogen-bond donors (Lipinski definition) is 0. The van der Waals surface area contributed by atoms with E-state index in [2.05, 4.69) is 0 Å². The van der Waals surface area contributed by atoms with Crippen LogP contribution >= 0.6 is 0 Å². The Labute approximate surface area is 89.0 Å². The number of halogens is 1. The molecule has 0 saturated carbocycles. The van der Waals surface area contributed by atoms with Crippen molar-refractivity contribution in [3.05, 3.63) is 29.6 Å². The van der Waals surface area contributed by atoms with Crippen molar-refractivity contribution in [1.82, 2.24) is 0 Å². The van der Waals surface area contributed by atoms with Gasteiger partial charge in [-0.3, -0.25) is 0 Å². The Morgan fingerprint density at radius 2 is 2.07 bits per heavy atom. The molecule has 3 nitrogen and oxygen atoms in total. The van der Waals surface area contributed by atoms with Gasteiger partial charge in [0.05, 0.1) is 5.75 Å². The van der Waals surface area contributed by atoms with Crippen molar-refractivity contribution >= 4 is 10.1 Å². The number of aryl methyl sites for hydroxylation is 1. The number of hydrogen-bond acceptors (Lipinski definition) is 3. The van der Waals surface area contributed by atoms with E-state index in [1.54, 1.807) is 13.8 Å². The fourth-order valence-electron chi connectivity index (χ4n) is 1.11. The monoisotopic (exact) mass is 232 g/mol. The zero-order valence-corrected chi connectivity index (χ0v) is 9.47. The summed E-state index contributed by atoms with van der Waals surface area (Å²) in [5, 5.41) is 0. The number of benzene rings is 1. The maximum absolute atomic E-state index is 12.9. The van der Waals surface area contributed by atoms with E-state index < -0.39 is 10.1 Å². The van der Waals surface area contributed by atoms with Gasteiger partial charge in [0.2, 0.25) is 0 Å². The Bertz CT molecular complexity index is 440. The molecule has 0 bridgehead atoms. The predicted molar refractivity (Wildman–Crippen MR) is 55.8 cm³/mol. The van der Waals surface area contributed by atoms with E-state index in [1.807, 2.05) is 0 Å². The van der Waals surface area contributed by atoms with Crippen LogP contribution in [0.15, 0.2) is 18.2 Å². The first kappa shape index (κ1) is 12.0. The lowest BCUT2D eigenvalue weighted by Gasteiger charge is -2.06. The van der Waals surface area contributed by atoms with E-state index >= 15 is 0 Å². The van der Waals surface area contributed by atoms with Crippen LogP contribution in [0.5, 0.6) is 5.75 Å². The maximum atomic E-state index is 12.9. The summed E-state index contributed by atoms with van der Waals surface area (Å²) in [4.78, 5) is 0. The van der Waals surface area contributed by atoms with Crippen molar-refractivity contribution < 1.29 is 17.0 Å². The normalized spacial score (nSPS) is 11.4. The van der Waals surface area contributed by atoms with Gasteiger partial charge < -0.3 is 4.18 Å². The average Bonchev–Trinajstić information content (AvgIpc) is 2.10. The second-order valence-electron chi connectivity index (χ2n) is 3.26. The molecule has 0 aromatic heterocycles. The lowest BCUT2D eigenvalue weighted by molar-refractivity contribution is 0.483. The third-order valence-corrected chi connectivity index (χ3v) is 3.16. The summed E-state index contributed by atoms with van der Waals surface area (Å²) in [5.41, 5.74) is 0.360. The Morgan fingerprint density at radius 3 is 2.60 bits per heavy atom. The maximum Gasteiger partial charge on any atom is 0.309 e. The molecule has 1 aromatic carbocycles. The molecule has 0 aliphatic heterocycles. The summed E-state index contributed by atoms with van der Waals surface area (Å²) >= 11 is 0. The SMILES string of the molecule is CCCS(=O)(=O)Oc1ccc(F)c(C)c1. The predicted octanol–water partition coefficient (Wildman–Crippen LogP) is 2.25. The molecule has 1 aromatic rings. The van der Waals surface area contributed by atoms with E-state index in [4.69, 9.17) is 4.18 Å². The highest BCUT2D eigenvalue weighted by molar-refractivity contribution is 7.87. The topological polar surface area (TPSA) is 43.4 Å². The molecule has 1 rings (SSSR count). The third kappa shape index (κ3) is 3.51. The van der Waals surface area contributed by atoms with Crippen molar-refractivity contribution in [2.24, 2.45) is 0 Å². The molecule has 0 saturated heterocycles. The van der Waals surface area contributed by atoms with Crippen LogP contribution in [0.2, 0.25) is 0 Å². The summed E-state index contributed by atoms with van der Waals surface area (Å²) in [6.07, 6.45) is 0.489. The van der Waals surface area contributed by atoms with Gasteiger partial charge in [0.15, 0.2) is 0 Å². The molecule has 0 amide bonds. The van der Waals surface area contributed by atoms with Crippen LogP contribution < -0.4 is 4.18 Å². The molecule has 0 heterocycles. The van der Waals surface area contributed by atoms with E-state index in [-0.39, 0.29) is 17.3 Å². The molecule has 0 N–H and O–H groups in total. The van der Waals surface area contributed by atoms with E-state index in [9.17, 15) is 12.8 Å². The van der Waals surface area contributed by atoms with E-state index in [1.165, 1.54) is 18.2 Å².